The normalized spacial score (nSPS) is 12.1. The molecule has 0 saturated heterocycles. The third-order valence-corrected chi connectivity index (χ3v) is 3.62. The molecule has 0 aliphatic rings. The van der Waals surface area contributed by atoms with Gasteiger partial charge in [-0.3, -0.25) is 14.5 Å². The van der Waals surface area contributed by atoms with Crippen LogP contribution in [0.3, 0.4) is 0 Å². The molecule has 0 spiro atoms. The van der Waals surface area contributed by atoms with Crippen molar-refractivity contribution in [2.75, 3.05) is 0 Å². The summed E-state index contributed by atoms with van der Waals surface area (Å²) in [6.45, 7) is 0. The molecule has 0 radical (unpaired) electrons. The summed E-state index contributed by atoms with van der Waals surface area (Å²) in [5, 5.41) is 1.13. The first-order valence-corrected chi connectivity index (χ1v) is 6.61. The van der Waals surface area contributed by atoms with Gasteiger partial charge in [0.25, 0.3) is 10.1 Å². The summed E-state index contributed by atoms with van der Waals surface area (Å²) >= 11 is 0. The van der Waals surface area contributed by atoms with E-state index in [1.54, 1.807) is 30.5 Å². The van der Waals surface area contributed by atoms with Gasteiger partial charge in [0, 0.05) is 17.8 Å². The van der Waals surface area contributed by atoms with E-state index in [2.05, 4.69) is 9.97 Å². The van der Waals surface area contributed by atoms with E-state index in [0.717, 1.165) is 0 Å². The second-order valence-electron chi connectivity index (χ2n) is 3.85. The van der Waals surface area contributed by atoms with Gasteiger partial charge in [-0.15, -0.1) is 0 Å². The molecule has 3 rings (SSSR count). The average Bonchev–Trinajstić information content (AvgIpc) is 2.34. The Kier molecular flexibility index (Phi) is 2.29. The van der Waals surface area contributed by atoms with Gasteiger partial charge in [-0.05, 0) is 23.6 Å². The molecule has 0 bridgehead atoms. The summed E-state index contributed by atoms with van der Waals surface area (Å²) in [7, 11) is -4.25. The van der Waals surface area contributed by atoms with Crippen LogP contribution in [0.25, 0.3) is 21.8 Å². The second kappa shape index (κ2) is 3.72. The number of aromatic nitrogens is 2. The van der Waals surface area contributed by atoms with Crippen molar-refractivity contribution in [3.8, 4) is 0 Å². The third-order valence-electron chi connectivity index (χ3n) is 2.71. The van der Waals surface area contributed by atoms with Crippen molar-refractivity contribution in [2.45, 2.75) is 4.90 Å². The highest BCUT2D eigenvalue weighted by molar-refractivity contribution is 7.86. The largest absolute Gasteiger partial charge is 0.295 e. The van der Waals surface area contributed by atoms with Crippen LogP contribution in [-0.2, 0) is 10.1 Å². The second-order valence-corrected chi connectivity index (χ2v) is 5.24. The highest BCUT2D eigenvalue weighted by atomic mass is 32.2. The van der Waals surface area contributed by atoms with E-state index in [4.69, 9.17) is 0 Å². The van der Waals surface area contributed by atoms with Gasteiger partial charge in [0.15, 0.2) is 0 Å². The Morgan fingerprint density at radius 2 is 1.67 bits per heavy atom. The lowest BCUT2D eigenvalue weighted by atomic mass is 10.1. The maximum Gasteiger partial charge on any atom is 0.295 e. The molecule has 0 amide bonds. The van der Waals surface area contributed by atoms with Crippen molar-refractivity contribution in [3.05, 3.63) is 42.7 Å². The number of nitrogens with zero attached hydrogens (tertiary/aromatic N) is 2. The fraction of sp³-hybridized carbons (Fsp3) is 0. The minimum absolute atomic E-state index is 0.118. The summed E-state index contributed by atoms with van der Waals surface area (Å²) in [5.74, 6) is 0. The number of benzene rings is 2. The van der Waals surface area contributed by atoms with E-state index in [1.165, 1.54) is 12.3 Å². The van der Waals surface area contributed by atoms with Crippen molar-refractivity contribution in [2.24, 2.45) is 0 Å². The summed E-state index contributed by atoms with van der Waals surface area (Å²) in [4.78, 5) is 8.15. The van der Waals surface area contributed by atoms with Gasteiger partial charge in [0.05, 0.1) is 11.0 Å². The van der Waals surface area contributed by atoms with Crippen LogP contribution >= 0.6 is 0 Å². The fourth-order valence-electron chi connectivity index (χ4n) is 1.93. The maximum atomic E-state index is 11.3. The molecule has 0 fully saturated rings. The van der Waals surface area contributed by atoms with Gasteiger partial charge in [-0.2, -0.15) is 8.42 Å². The van der Waals surface area contributed by atoms with Gasteiger partial charge in [-0.25, -0.2) is 0 Å². The first kappa shape index (κ1) is 11.1. The molecular formula is C12H8N2O3S. The summed E-state index contributed by atoms with van der Waals surface area (Å²) in [6.07, 6.45) is 3.10. The molecule has 2 aromatic carbocycles. The van der Waals surface area contributed by atoms with Crippen LogP contribution < -0.4 is 0 Å². The number of hydrogen-bond acceptors (Lipinski definition) is 4. The monoisotopic (exact) mass is 260 g/mol. The third kappa shape index (κ3) is 1.71. The molecule has 0 atom stereocenters. The Balaban J connectivity index is 2.51. The highest BCUT2D eigenvalue weighted by Crippen LogP contribution is 2.26. The van der Waals surface area contributed by atoms with Gasteiger partial charge in [0.2, 0.25) is 0 Å². The van der Waals surface area contributed by atoms with E-state index >= 15 is 0 Å². The van der Waals surface area contributed by atoms with Crippen LogP contribution in [0, 0.1) is 0 Å². The van der Waals surface area contributed by atoms with Crippen molar-refractivity contribution < 1.29 is 13.0 Å². The quantitative estimate of drug-likeness (QED) is 0.535. The predicted molar refractivity (Wildman–Crippen MR) is 66.9 cm³/mol. The molecule has 0 aliphatic carbocycles. The van der Waals surface area contributed by atoms with Crippen molar-refractivity contribution in [1.29, 1.82) is 0 Å². The number of fused-ring (bicyclic) bond motifs is 2. The summed E-state index contributed by atoms with van der Waals surface area (Å²) in [5.41, 5.74) is 1.26. The van der Waals surface area contributed by atoms with Crippen molar-refractivity contribution in [1.82, 2.24) is 9.97 Å². The van der Waals surface area contributed by atoms with Crippen LogP contribution in [0.15, 0.2) is 47.6 Å². The Morgan fingerprint density at radius 3 is 2.33 bits per heavy atom. The lowest BCUT2D eigenvalue weighted by Gasteiger charge is -2.04. The van der Waals surface area contributed by atoms with Crippen LogP contribution in [0.1, 0.15) is 0 Å². The van der Waals surface area contributed by atoms with E-state index < -0.39 is 10.1 Å². The number of rotatable bonds is 1. The Hall–Kier alpha value is -2.05. The van der Waals surface area contributed by atoms with Crippen molar-refractivity contribution >= 4 is 31.9 Å². The molecule has 6 heteroatoms. The topological polar surface area (TPSA) is 80.2 Å². The Labute approximate surface area is 103 Å². The minimum atomic E-state index is -4.25. The molecule has 3 aromatic rings. The zero-order valence-corrected chi connectivity index (χ0v) is 9.92. The van der Waals surface area contributed by atoms with E-state index in [0.29, 0.717) is 21.8 Å². The smallest absolute Gasteiger partial charge is 0.282 e. The van der Waals surface area contributed by atoms with Crippen molar-refractivity contribution in [3.63, 3.8) is 0 Å². The molecular weight excluding hydrogens is 252 g/mol. The first-order valence-electron chi connectivity index (χ1n) is 5.17. The number of hydrogen-bond donors (Lipinski definition) is 1. The fourth-order valence-corrected chi connectivity index (χ4v) is 2.64. The van der Waals surface area contributed by atoms with Crippen LogP contribution in [0.5, 0.6) is 0 Å². The van der Waals surface area contributed by atoms with E-state index in [-0.39, 0.29) is 4.90 Å². The summed E-state index contributed by atoms with van der Waals surface area (Å²) in [6, 6.07) is 8.05. The Morgan fingerprint density at radius 1 is 1.00 bits per heavy atom. The molecule has 0 aliphatic heterocycles. The maximum absolute atomic E-state index is 11.3. The highest BCUT2D eigenvalue weighted by Gasteiger charge is 2.14. The SMILES string of the molecule is O=S(=O)(O)c1cccc2cc3nccnc3cc12. The van der Waals surface area contributed by atoms with Gasteiger partial charge >= 0.3 is 0 Å². The van der Waals surface area contributed by atoms with Crippen LogP contribution in [-0.4, -0.2) is 22.9 Å². The first-order chi connectivity index (χ1) is 8.55. The molecule has 0 unspecified atom stereocenters. The van der Waals surface area contributed by atoms with Gasteiger partial charge in [0.1, 0.15) is 4.90 Å². The zero-order valence-electron chi connectivity index (χ0n) is 9.11. The molecule has 1 aromatic heterocycles. The van der Waals surface area contributed by atoms with Gasteiger partial charge in [-0.1, -0.05) is 12.1 Å². The molecule has 90 valence electrons. The van der Waals surface area contributed by atoms with Gasteiger partial charge < -0.3 is 0 Å². The molecule has 1 N–H and O–H groups in total. The molecule has 18 heavy (non-hydrogen) atoms. The predicted octanol–water partition coefficient (Wildman–Crippen LogP) is 2.03. The minimum Gasteiger partial charge on any atom is -0.282 e. The zero-order chi connectivity index (χ0) is 12.8. The molecule has 0 saturated carbocycles. The standard InChI is InChI=1S/C12H8N2O3S/c15-18(16,17)12-3-1-2-8-6-10-11(7-9(8)12)14-5-4-13-10/h1-7H,(H,15,16,17). The molecule has 5 nitrogen and oxygen atoms in total. The lowest BCUT2D eigenvalue weighted by molar-refractivity contribution is 0.484. The van der Waals surface area contributed by atoms with Crippen LogP contribution in [0.4, 0.5) is 0 Å². The van der Waals surface area contributed by atoms with E-state index in [9.17, 15) is 13.0 Å². The lowest BCUT2D eigenvalue weighted by Crippen LogP contribution is -1.99. The van der Waals surface area contributed by atoms with E-state index in [1.807, 2.05) is 0 Å². The van der Waals surface area contributed by atoms with Crippen LogP contribution in [0.2, 0.25) is 0 Å². The average molecular weight is 260 g/mol. The molecule has 1 heterocycles. The summed E-state index contributed by atoms with van der Waals surface area (Å²) < 4.78 is 31.8. The Bertz CT molecular complexity index is 859.